The zero-order valence-electron chi connectivity index (χ0n) is 47.0. The summed E-state index contributed by atoms with van der Waals surface area (Å²) >= 11 is 0. The lowest BCUT2D eigenvalue weighted by atomic mass is 10.0. The molecule has 0 heterocycles. The number of phosphoric acid groups is 1. The summed E-state index contributed by atoms with van der Waals surface area (Å²) < 4.78 is 34.5. The topological polar surface area (TPSA) is 108 Å². The van der Waals surface area contributed by atoms with Crippen molar-refractivity contribution in [3.05, 3.63) is 60.8 Å². The molecule has 414 valence electrons. The Labute approximate surface area is 438 Å². The summed E-state index contributed by atoms with van der Waals surface area (Å²) in [5.41, 5.74) is 0. The number of ether oxygens (including phenoxy) is 2. The van der Waals surface area contributed by atoms with Crippen LogP contribution in [-0.4, -0.2) is 74.9 Å². The lowest BCUT2D eigenvalue weighted by molar-refractivity contribution is -0.870. The minimum Gasteiger partial charge on any atom is -0.462 e. The van der Waals surface area contributed by atoms with Crippen LogP contribution >= 0.6 is 7.82 Å². The first kappa shape index (κ1) is 68.7. The minimum absolute atomic E-state index is 0.0238. The van der Waals surface area contributed by atoms with Crippen molar-refractivity contribution >= 4 is 19.8 Å². The first-order valence-electron chi connectivity index (χ1n) is 29.5. The van der Waals surface area contributed by atoms with Crippen LogP contribution in [0.25, 0.3) is 0 Å². The summed E-state index contributed by atoms with van der Waals surface area (Å²) in [6, 6.07) is 0. The third kappa shape index (κ3) is 56.9. The fourth-order valence-electron chi connectivity index (χ4n) is 8.28. The zero-order chi connectivity index (χ0) is 52.0. The second-order valence-corrected chi connectivity index (χ2v) is 22.5. The molecule has 0 saturated heterocycles. The molecule has 1 N–H and O–H groups in total. The number of unbranched alkanes of at least 4 members (excludes halogenated alkanes) is 30. The Hall–Kier alpha value is -2.29. The molecule has 9 nitrogen and oxygen atoms in total. The molecule has 0 aliphatic heterocycles. The summed E-state index contributed by atoms with van der Waals surface area (Å²) in [4.78, 5) is 35.7. The first-order valence-corrected chi connectivity index (χ1v) is 31.0. The highest BCUT2D eigenvalue weighted by Gasteiger charge is 2.27. The third-order valence-electron chi connectivity index (χ3n) is 12.8. The van der Waals surface area contributed by atoms with Crippen LogP contribution in [-0.2, 0) is 32.7 Å². The predicted molar refractivity (Wildman–Crippen MR) is 303 cm³/mol. The highest BCUT2D eigenvalue weighted by atomic mass is 31.2. The number of allylic oxidation sites excluding steroid dienone is 10. The number of hydrogen-bond donors (Lipinski definition) is 1. The van der Waals surface area contributed by atoms with Crippen LogP contribution in [0.2, 0.25) is 0 Å². The molecule has 0 aromatic carbocycles. The minimum atomic E-state index is -4.40. The molecule has 0 spiro atoms. The summed E-state index contributed by atoms with van der Waals surface area (Å²) in [6.07, 6.45) is 67.4. The van der Waals surface area contributed by atoms with Crippen molar-refractivity contribution in [2.75, 3.05) is 47.5 Å². The molecule has 2 unspecified atom stereocenters. The maximum absolute atomic E-state index is 12.8. The smallest absolute Gasteiger partial charge is 0.462 e. The molecule has 0 aromatic rings. The van der Waals surface area contributed by atoms with E-state index < -0.39 is 26.5 Å². The predicted octanol–water partition coefficient (Wildman–Crippen LogP) is 18.3. The molecule has 71 heavy (non-hydrogen) atoms. The summed E-state index contributed by atoms with van der Waals surface area (Å²) in [6.45, 7) is 4.31. The molecule has 0 rings (SSSR count). The van der Waals surface area contributed by atoms with Crippen LogP contribution in [0.1, 0.15) is 264 Å². The monoisotopic (exact) mass is 1020 g/mol. The first-order chi connectivity index (χ1) is 34.5. The number of rotatable bonds is 54. The Kier molecular flexibility index (Phi) is 50.9. The molecule has 0 aliphatic carbocycles. The molecule has 0 bridgehead atoms. The molecular formula is C61H113NO8P+. The average molecular weight is 1020 g/mol. The van der Waals surface area contributed by atoms with Crippen LogP contribution in [0, 0.1) is 0 Å². The number of likely N-dealkylation sites (N-methyl/N-ethyl adjacent to an activating group) is 1. The van der Waals surface area contributed by atoms with E-state index in [1.807, 2.05) is 21.1 Å². The second kappa shape index (κ2) is 52.6. The molecule has 0 radical (unpaired) electrons. The van der Waals surface area contributed by atoms with Gasteiger partial charge < -0.3 is 18.9 Å². The van der Waals surface area contributed by atoms with Gasteiger partial charge in [-0.2, -0.15) is 0 Å². The van der Waals surface area contributed by atoms with Crippen LogP contribution in [0.5, 0.6) is 0 Å². The van der Waals surface area contributed by atoms with Gasteiger partial charge in [-0.1, -0.05) is 254 Å². The Morgan fingerprint density at radius 1 is 0.451 bits per heavy atom. The second-order valence-electron chi connectivity index (χ2n) is 21.0. The molecular weight excluding hydrogens is 906 g/mol. The number of carbonyl (C=O) groups excluding carboxylic acids is 2. The molecule has 2 atom stereocenters. The van der Waals surface area contributed by atoms with Gasteiger partial charge in [0.25, 0.3) is 0 Å². The van der Waals surface area contributed by atoms with E-state index >= 15 is 0 Å². The molecule has 10 heteroatoms. The lowest BCUT2D eigenvalue weighted by Gasteiger charge is -2.24. The SMILES string of the molecule is CC/C=C\C/C=C\C/C=C\C/C=C\C/C=C\CCCCCC(=O)OC(COC(=O)CCCCCCCCCCCCCCCCCCCCCCCCCCCCCC)COP(=O)(O)OCC[N+](C)(C)C. The van der Waals surface area contributed by atoms with E-state index in [9.17, 15) is 19.0 Å². The van der Waals surface area contributed by atoms with Gasteiger partial charge in [0, 0.05) is 12.8 Å². The van der Waals surface area contributed by atoms with E-state index in [1.165, 1.54) is 161 Å². The molecule has 0 amide bonds. The van der Waals surface area contributed by atoms with Crippen molar-refractivity contribution < 1.29 is 42.1 Å². The number of phosphoric ester groups is 1. The maximum atomic E-state index is 12.8. The van der Waals surface area contributed by atoms with Gasteiger partial charge in [0.1, 0.15) is 19.8 Å². The van der Waals surface area contributed by atoms with Gasteiger partial charge in [-0.15, -0.1) is 0 Å². The van der Waals surface area contributed by atoms with E-state index in [4.69, 9.17) is 18.5 Å². The van der Waals surface area contributed by atoms with Gasteiger partial charge in [0.05, 0.1) is 27.7 Å². The van der Waals surface area contributed by atoms with Crippen molar-refractivity contribution in [2.24, 2.45) is 0 Å². The van der Waals surface area contributed by atoms with Gasteiger partial charge >= 0.3 is 19.8 Å². The number of carbonyl (C=O) groups is 2. The Morgan fingerprint density at radius 2 is 0.803 bits per heavy atom. The zero-order valence-corrected chi connectivity index (χ0v) is 47.9. The van der Waals surface area contributed by atoms with E-state index in [0.29, 0.717) is 17.4 Å². The number of nitrogens with zero attached hydrogens (tertiary/aromatic N) is 1. The number of quaternary nitrogens is 1. The Bertz CT molecular complexity index is 1380. The normalized spacial score (nSPS) is 13.7. The molecule has 0 fully saturated rings. The van der Waals surface area contributed by atoms with Crippen molar-refractivity contribution in [2.45, 2.75) is 270 Å². The average Bonchev–Trinajstić information content (AvgIpc) is 3.33. The Balaban J connectivity index is 4.13. The van der Waals surface area contributed by atoms with Crippen molar-refractivity contribution in [3.8, 4) is 0 Å². The molecule has 0 aromatic heterocycles. The van der Waals surface area contributed by atoms with Crippen LogP contribution < -0.4 is 0 Å². The lowest BCUT2D eigenvalue weighted by Crippen LogP contribution is -2.37. The number of hydrogen-bond acceptors (Lipinski definition) is 7. The van der Waals surface area contributed by atoms with Crippen molar-refractivity contribution in [1.82, 2.24) is 0 Å². The maximum Gasteiger partial charge on any atom is 0.472 e. The standard InChI is InChI=1S/C61H112NO8P/c1-6-8-10-12-14-16-18-20-22-24-26-27-28-29-30-31-32-33-34-36-37-39-41-43-45-47-49-51-53-60(63)67-57-59(58-69-71(65,66)68-56-55-62(3,4)5)70-61(64)54-52-50-48-46-44-42-40-38-35-25-23-21-19-17-15-13-11-9-7-2/h9,11,15,17,21,23,35,38,42,44,59H,6-8,10,12-14,16,18-20,22,24-34,36-37,39-41,43,45-58H2,1-5H3/p+1/b11-9-,17-15-,23-21-,38-35-,44-42-. The van der Waals surface area contributed by atoms with Gasteiger partial charge in [0.15, 0.2) is 6.10 Å². The van der Waals surface area contributed by atoms with Gasteiger partial charge in [0.2, 0.25) is 0 Å². The summed E-state index contributed by atoms with van der Waals surface area (Å²) in [7, 11) is 1.46. The summed E-state index contributed by atoms with van der Waals surface area (Å²) in [5, 5.41) is 0. The van der Waals surface area contributed by atoms with Crippen LogP contribution in [0.3, 0.4) is 0 Å². The van der Waals surface area contributed by atoms with Crippen LogP contribution in [0.15, 0.2) is 60.8 Å². The largest absolute Gasteiger partial charge is 0.472 e. The fourth-order valence-corrected chi connectivity index (χ4v) is 9.02. The van der Waals surface area contributed by atoms with Gasteiger partial charge in [-0.05, 0) is 57.8 Å². The van der Waals surface area contributed by atoms with Crippen molar-refractivity contribution in [1.29, 1.82) is 0 Å². The van der Waals surface area contributed by atoms with E-state index in [0.717, 1.165) is 70.6 Å². The fraction of sp³-hybridized carbons (Fsp3) is 0.803. The summed E-state index contributed by atoms with van der Waals surface area (Å²) in [5.74, 6) is -0.828. The van der Waals surface area contributed by atoms with E-state index in [1.54, 1.807) is 0 Å². The van der Waals surface area contributed by atoms with Crippen molar-refractivity contribution in [3.63, 3.8) is 0 Å². The highest BCUT2D eigenvalue weighted by molar-refractivity contribution is 7.47. The van der Waals surface area contributed by atoms with Gasteiger partial charge in [-0.3, -0.25) is 18.6 Å². The van der Waals surface area contributed by atoms with Gasteiger partial charge in [-0.25, -0.2) is 4.57 Å². The molecule has 0 aliphatic rings. The quantitative estimate of drug-likeness (QED) is 0.0211. The van der Waals surface area contributed by atoms with E-state index in [2.05, 4.69) is 74.6 Å². The number of esters is 2. The molecule has 0 saturated carbocycles. The van der Waals surface area contributed by atoms with E-state index in [-0.39, 0.29) is 32.0 Å². The third-order valence-corrected chi connectivity index (χ3v) is 13.8. The van der Waals surface area contributed by atoms with Crippen LogP contribution in [0.4, 0.5) is 0 Å². The Morgan fingerprint density at radius 3 is 1.20 bits per heavy atom. The highest BCUT2D eigenvalue weighted by Crippen LogP contribution is 2.43.